The van der Waals surface area contributed by atoms with Crippen molar-refractivity contribution in [1.82, 2.24) is 0 Å². The van der Waals surface area contributed by atoms with Crippen LogP contribution in [0.2, 0.25) is 0 Å². The van der Waals surface area contributed by atoms with Gasteiger partial charge in [0.05, 0.1) is 0 Å². The minimum absolute atomic E-state index is 0. The maximum atomic E-state index is 6.27. The van der Waals surface area contributed by atoms with E-state index in [1.54, 1.807) is 0 Å². The van der Waals surface area contributed by atoms with Crippen LogP contribution in [-0.2, 0) is 11.0 Å². The molecule has 0 aliphatic heterocycles. The molecule has 1 nitrogen and oxygen atoms in total. The monoisotopic (exact) mass is 239 g/mol. The van der Waals surface area contributed by atoms with Crippen LogP contribution in [0.1, 0.15) is 45.2 Å². The Morgan fingerprint density at radius 2 is 1.62 bits per heavy atom. The molecule has 0 unspecified atom stereocenters. The molecule has 1 aromatic rings. The van der Waals surface area contributed by atoms with E-state index in [1.807, 2.05) is 0 Å². The van der Waals surface area contributed by atoms with E-state index in [0.29, 0.717) is 5.92 Å². The summed E-state index contributed by atoms with van der Waals surface area (Å²) in [6, 6.07) is 8.83. The molecule has 0 spiro atoms. The third kappa shape index (κ3) is 2.26. The molecule has 2 rings (SSSR count). The number of rotatable bonds is 1. The summed E-state index contributed by atoms with van der Waals surface area (Å²) >= 11 is 0. The van der Waals surface area contributed by atoms with Crippen molar-refractivity contribution in [2.24, 2.45) is 11.7 Å². The first kappa shape index (κ1) is 13.5. The van der Waals surface area contributed by atoms with Crippen LogP contribution in [0, 0.1) is 5.92 Å². The van der Waals surface area contributed by atoms with E-state index in [2.05, 4.69) is 52.0 Å². The van der Waals surface area contributed by atoms with Crippen molar-refractivity contribution in [1.29, 1.82) is 0 Å². The first-order valence-electron chi connectivity index (χ1n) is 5.74. The highest BCUT2D eigenvalue weighted by Gasteiger charge is 2.48. The first-order chi connectivity index (χ1) is 6.84. The molecule has 1 saturated carbocycles. The van der Waals surface area contributed by atoms with Crippen LogP contribution in [-0.4, -0.2) is 0 Å². The van der Waals surface area contributed by atoms with Gasteiger partial charge in [-0.25, -0.2) is 0 Å². The van der Waals surface area contributed by atoms with Crippen molar-refractivity contribution in [3.63, 3.8) is 0 Å². The van der Waals surface area contributed by atoms with Crippen molar-refractivity contribution in [3.05, 3.63) is 35.4 Å². The molecule has 0 amide bonds. The highest BCUT2D eigenvalue weighted by atomic mass is 35.5. The van der Waals surface area contributed by atoms with Crippen molar-refractivity contribution in [2.45, 2.75) is 45.1 Å². The molecule has 2 heteroatoms. The SMILES string of the molecule is C[C@H]1C[C@]1(N)c1ccc(C(C)(C)C)cc1.Cl. The summed E-state index contributed by atoms with van der Waals surface area (Å²) in [5, 5.41) is 0. The summed E-state index contributed by atoms with van der Waals surface area (Å²) in [5.41, 5.74) is 9.14. The van der Waals surface area contributed by atoms with Crippen LogP contribution in [0.15, 0.2) is 24.3 Å². The molecule has 0 radical (unpaired) electrons. The van der Waals surface area contributed by atoms with E-state index in [1.165, 1.54) is 11.1 Å². The van der Waals surface area contributed by atoms with Gasteiger partial charge in [0.25, 0.3) is 0 Å². The van der Waals surface area contributed by atoms with Gasteiger partial charge in [-0.1, -0.05) is 52.0 Å². The second-order valence-corrected chi connectivity index (χ2v) is 5.97. The Balaban J connectivity index is 0.00000128. The van der Waals surface area contributed by atoms with Gasteiger partial charge < -0.3 is 5.73 Å². The van der Waals surface area contributed by atoms with Gasteiger partial charge in [-0.15, -0.1) is 12.4 Å². The molecule has 1 fully saturated rings. The fourth-order valence-corrected chi connectivity index (χ4v) is 2.13. The van der Waals surface area contributed by atoms with Crippen LogP contribution in [0.5, 0.6) is 0 Å². The molecular formula is C14H22ClN. The molecule has 0 saturated heterocycles. The lowest BCUT2D eigenvalue weighted by Crippen LogP contribution is -2.21. The second kappa shape index (κ2) is 4.05. The predicted molar refractivity (Wildman–Crippen MR) is 72.0 cm³/mol. The summed E-state index contributed by atoms with van der Waals surface area (Å²) in [4.78, 5) is 0. The zero-order chi connectivity index (χ0) is 11.3. The van der Waals surface area contributed by atoms with E-state index < -0.39 is 0 Å². The van der Waals surface area contributed by atoms with Gasteiger partial charge in [-0.2, -0.15) is 0 Å². The minimum Gasteiger partial charge on any atom is -0.321 e. The van der Waals surface area contributed by atoms with Crippen LogP contribution in [0.25, 0.3) is 0 Å². The second-order valence-electron chi connectivity index (χ2n) is 5.97. The zero-order valence-corrected chi connectivity index (χ0v) is 11.4. The lowest BCUT2D eigenvalue weighted by atomic mass is 9.86. The van der Waals surface area contributed by atoms with Crippen LogP contribution >= 0.6 is 12.4 Å². The average Bonchev–Trinajstić information content (AvgIpc) is 2.75. The third-order valence-electron chi connectivity index (χ3n) is 3.65. The average molecular weight is 240 g/mol. The number of hydrogen-bond donors (Lipinski definition) is 1. The Hall–Kier alpha value is -0.530. The molecule has 90 valence electrons. The number of nitrogens with two attached hydrogens (primary N) is 1. The minimum atomic E-state index is -0.0313. The maximum absolute atomic E-state index is 6.27. The fraction of sp³-hybridized carbons (Fsp3) is 0.571. The van der Waals surface area contributed by atoms with Gasteiger partial charge in [0.1, 0.15) is 0 Å². The number of benzene rings is 1. The lowest BCUT2D eigenvalue weighted by molar-refractivity contribution is 0.588. The summed E-state index contributed by atoms with van der Waals surface area (Å²) in [5.74, 6) is 0.637. The third-order valence-corrected chi connectivity index (χ3v) is 3.65. The zero-order valence-electron chi connectivity index (χ0n) is 10.6. The summed E-state index contributed by atoms with van der Waals surface area (Å²) in [6.07, 6.45) is 1.13. The molecule has 0 bridgehead atoms. The van der Waals surface area contributed by atoms with Gasteiger partial charge in [0, 0.05) is 5.54 Å². The summed E-state index contributed by atoms with van der Waals surface area (Å²) < 4.78 is 0. The normalized spacial score (nSPS) is 28.4. The quantitative estimate of drug-likeness (QED) is 0.796. The van der Waals surface area contributed by atoms with Crippen LogP contribution in [0.4, 0.5) is 0 Å². The van der Waals surface area contributed by atoms with Gasteiger partial charge >= 0.3 is 0 Å². The van der Waals surface area contributed by atoms with Crippen molar-refractivity contribution < 1.29 is 0 Å². The largest absolute Gasteiger partial charge is 0.321 e. The predicted octanol–water partition coefficient (Wildman–Crippen LogP) is 3.60. The van der Waals surface area contributed by atoms with Gasteiger partial charge in [-0.05, 0) is 28.9 Å². The molecular weight excluding hydrogens is 218 g/mol. The van der Waals surface area contributed by atoms with E-state index >= 15 is 0 Å². The maximum Gasteiger partial charge on any atom is 0.0439 e. The number of hydrogen-bond acceptors (Lipinski definition) is 1. The molecule has 0 heterocycles. The highest BCUT2D eigenvalue weighted by Crippen LogP contribution is 2.49. The first-order valence-corrected chi connectivity index (χ1v) is 5.74. The molecule has 1 aromatic carbocycles. The van der Waals surface area contributed by atoms with Crippen molar-refractivity contribution in [2.75, 3.05) is 0 Å². The molecule has 0 aromatic heterocycles. The Bertz CT molecular complexity index is 363. The van der Waals surface area contributed by atoms with E-state index in [4.69, 9.17) is 5.73 Å². The molecule has 2 N–H and O–H groups in total. The Morgan fingerprint density at radius 1 is 1.19 bits per heavy atom. The standard InChI is InChI=1S/C14H21N.ClH/c1-10-9-14(10,15)12-7-5-11(6-8-12)13(2,3)4;/h5-8,10H,9,15H2,1-4H3;1H/t10-,14+;/m0./s1. The van der Waals surface area contributed by atoms with Gasteiger partial charge in [0.15, 0.2) is 0 Å². The Morgan fingerprint density at radius 3 is 1.94 bits per heavy atom. The molecule has 16 heavy (non-hydrogen) atoms. The van der Waals surface area contributed by atoms with Crippen LogP contribution in [0.3, 0.4) is 0 Å². The van der Waals surface area contributed by atoms with Gasteiger partial charge in [-0.3, -0.25) is 0 Å². The fourth-order valence-electron chi connectivity index (χ4n) is 2.13. The topological polar surface area (TPSA) is 26.0 Å². The lowest BCUT2D eigenvalue weighted by Gasteiger charge is -2.20. The van der Waals surface area contributed by atoms with E-state index in [-0.39, 0.29) is 23.4 Å². The molecule has 1 aliphatic carbocycles. The molecule has 2 atom stereocenters. The molecule has 1 aliphatic rings. The van der Waals surface area contributed by atoms with Gasteiger partial charge in [0.2, 0.25) is 0 Å². The van der Waals surface area contributed by atoms with Crippen molar-refractivity contribution in [3.8, 4) is 0 Å². The van der Waals surface area contributed by atoms with E-state index in [9.17, 15) is 0 Å². The van der Waals surface area contributed by atoms with Crippen molar-refractivity contribution >= 4 is 12.4 Å². The Labute approximate surface area is 105 Å². The Kier molecular flexibility index (Phi) is 3.42. The number of halogens is 1. The highest BCUT2D eigenvalue weighted by molar-refractivity contribution is 5.85. The smallest absolute Gasteiger partial charge is 0.0439 e. The van der Waals surface area contributed by atoms with E-state index in [0.717, 1.165) is 6.42 Å². The van der Waals surface area contributed by atoms with Crippen LogP contribution < -0.4 is 5.73 Å². The summed E-state index contributed by atoms with van der Waals surface area (Å²) in [6.45, 7) is 8.93. The summed E-state index contributed by atoms with van der Waals surface area (Å²) in [7, 11) is 0.